The zero-order chi connectivity index (χ0) is 13.1. The lowest BCUT2D eigenvalue weighted by atomic mass is 9.96. The number of rotatable bonds is 3. The highest BCUT2D eigenvalue weighted by Crippen LogP contribution is 2.17. The van der Waals surface area contributed by atoms with Crippen molar-refractivity contribution in [2.75, 3.05) is 25.0 Å². The van der Waals surface area contributed by atoms with Gasteiger partial charge in [-0.05, 0) is 25.8 Å². The van der Waals surface area contributed by atoms with E-state index in [1.54, 1.807) is 0 Å². The van der Waals surface area contributed by atoms with Crippen molar-refractivity contribution in [3.63, 3.8) is 0 Å². The van der Waals surface area contributed by atoms with Crippen molar-refractivity contribution >= 4 is 22.4 Å². The number of aryl methyl sites for hydroxylation is 1. The Balaban J connectivity index is 1.81. The second-order valence-corrected chi connectivity index (χ2v) is 5.77. The Bertz CT molecular complexity index is 421. The van der Waals surface area contributed by atoms with Crippen LogP contribution in [0.15, 0.2) is 5.38 Å². The normalized spacial score (nSPS) is 25.1. The summed E-state index contributed by atoms with van der Waals surface area (Å²) >= 11 is 1.43. The van der Waals surface area contributed by atoms with Gasteiger partial charge in [0.1, 0.15) is 0 Å². The molecule has 1 aliphatic heterocycles. The quantitative estimate of drug-likeness (QED) is 0.862. The first-order valence-corrected chi connectivity index (χ1v) is 7.05. The van der Waals surface area contributed by atoms with Crippen LogP contribution in [0, 0.1) is 12.8 Å². The van der Waals surface area contributed by atoms with Gasteiger partial charge in [0.2, 0.25) is 5.91 Å². The van der Waals surface area contributed by atoms with Crippen molar-refractivity contribution in [3.8, 4) is 0 Å². The SMILES string of the molecule is Cc1csc(NC(=O)CN2CCC(C)C(O)C2)n1. The van der Waals surface area contributed by atoms with Crippen LogP contribution in [0.2, 0.25) is 0 Å². The first-order chi connectivity index (χ1) is 8.54. The number of nitrogens with one attached hydrogen (secondary N) is 1. The molecule has 1 amide bonds. The van der Waals surface area contributed by atoms with Crippen LogP contribution in [0.25, 0.3) is 0 Å². The molecule has 1 saturated heterocycles. The number of hydrogen-bond acceptors (Lipinski definition) is 5. The molecule has 2 N–H and O–H groups in total. The van der Waals surface area contributed by atoms with Gasteiger partial charge in [0.25, 0.3) is 0 Å². The molecule has 5 nitrogen and oxygen atoms in total. The Morgan fingerprint density at radius 3 is 3.11 bits per heavy atom. The molecule has 1 aliphatic rings. The van der Waals surface area contributed by atoms with Crippen molar-refractivity contribution in [1.82, 2.24) is 9.88 Å². The minimum atomic E-state index is -0.325. The van der Waals surface area contributed by atoms with E-state index < -0.39 is 0 Å². The first-order valence-electron chi connectivity index (χ1n) is 6.17. The zero-order valence-electron chi connectivity index (χ0n) is 10.7. The maximum absolute atomic E-state index is 11.8. The van der Waals surface area contributed by atoms with E-state index in [1.165, 1.54) is 11.3 Å². The summed E-state index contributed by atoms with van der Waals surface area (Å²) in [5, 5.41) is 15.1. The monoisotopic (exact) mass is 269 g/mol. The molecule has 0 aliphatic carbocycles. The zero-order valence-corrected chi connectivity index (χ0v) is 11.5. The number of anilines is 1. The van der Waals surface area contributed by atoms with E-state index in [9.17, 15) is 9.90 Å². The molecule has 1 fully saturated rings. The van der Waals surface area contributed by atoms with Crippen molar-refractivity contribution in [2.45, 2.75) is 26.4 Å². The predicted molar refractivity (Wildman–Crippen MR) is 71.7 cm³/mol. The second kappa shape index (κ2) is 5.77. The number of β-amino-alcohol motifs (C(OH)–C–C–N with tert-alkyl or cyclic N) is 1. The van der Waals surface area contributed by atoms with E-state index in [1.807, 2.05) is 24.1 Å². The van der Waals surface area contributed by atoms with Crippen molar-refractivity contribution in [2.24, 2.45) is 5.92 Å². The summed E-state index contributed by atoms with van der Waals surface area (Å²) in [4.78, 5) is 18.0. The summed E-state index contributed by atoms with van der Waals surface area (Å²) in [6.07, 6.45) is 0.610. The van der Waals surface area contributed by atoms with Crippen LogP contribution < -0.4 is 5.32 Å². The van der Waals surface area contributed by atoms with Crippen LogP contribution in [0.4, 0.5) is 5.13 Å². The smallest absolute Gasteiger partial charge is 0.240 e. The molecule has 2 unspecified atom stereocenters. The minimum absolute atomic E-state index is 0.0638. The molecule has 2 rings (SSSR count). The molecule has 2 atom stereocenters. The molecular formula is C12H19N3O2S. The fraction of sp³-hybridized carbons (Fsp3) is 0.667. The summed E-state index contributed by atoms with van der Waals surface area (Å²) in [5.74, 6) is 0.261. The topological polar surface area (TPSA) is 65.5 Å². The molecule has 0 spiro atoms. The van der Waals surface area contributed by atoms with E-state index >= 15 is 0 Å². The fourth-order valence-electron chi connectivity index (χ4n) is 2.03. The molecule has 1 aromatic rings. The van der Waals surface area contributed by atoms with Gasteiger partial charge in [-0.25, -0.2) is 4.98 Å². The molecule has 18 heavy (non-hydrogen) atoms. The predicted octanol–water partition coefficient (Wildman–Crippen LogP) is 1.09. The van der Waals surface area contributed by atoms with Crippen molar-refractivity contribution in [1.29, 1.82) is 0 Å². The Hall–Kier alpha value is -0.980. The molecule has 2 heterocycles. The van der Waals surface area contributed by atoms with E-state index in [0.717, 1.165) is 18.7 Å². The van der Waals surface area contributed by atoms with E-state index in [4.69, 9.17) is 0 Å². The highest BCUT2D eigenvalue weighted by Gasteiger charge is 2.25. The van der Waals surface area contributed by atoms with Crippen LogP contribution in [0.1, 0.15) is 19.0 Å². The molecule has 0 radical (unpaired) electrons. The van der Waals surface area contributed by atoms with Gasteiger partial charge in [-0.3, -0.25) is 9.69 Å². The molecule has 0 aromatic carbocycles. The number of aromatic nitrogens is 1. The Morgan fingerprint density at radius 2 is 2.50 bits per heavy atom. The third kappa shape index (κ3) is 3.51. The van der Waals surface area contributed by atoms with E-state index in [0.29, 0.717) is 24.1 Å². The van der Waals surface area contributed by atoms with Gasteiger partial charge in [0.05, 0.1) is 18.3 Å². The average molecular weight is 269 g/mol. The second-order valence-electron chi connectivity index (χ2n) is 4.91. The summed E-state index contributed by atoms with van der Waals surface area (Å²) < 4.78 is 0. The number of nitrogens with zero attached hydrogens (tertiary/aromatic N) is 2. The maximum Gasteiger partial charge on any atom is 0.240 e. The van der Waals surface area contributed by atoms with Gasteiger partial charge in [0, 0.05) is 11.9 Å². The third-order valence-corrected chi connectivity index (χ3v) is 4.11. The Morgan fingerprint density at radius 1 is 1.72 bits per heavy atom. The number of piperidine rings is 1. The van der Waals surface area contributed by atoms with E-state index in [-0.39, 0.29) is 12.0 Å². The maximum atomic E-state index is 11.8. The Labute approximate surface area is 111 Å². The highest BCUT2D eigenvalue weighted by molar-refractivity contribution is 7.13. The van der Waals surface area contributed by atoms with Crippen molar-refractivity contribution < 1.29 is 9.90 Å². The number of thiazole rings is 1. The number of hydrogen-bond donors (Lipinski definition) is 2. The van der Waals surface area contributed by atoms with Gasteiger partial charge in [-0.15, -0.1) is 11.3 Å². The van der Waals surface area contributed by atoms with Crippen LogP contribution in [0.5, 0.6) is 0 Å². The average Bonchev–Trinajstić information content (AvgIpc) is 2.69. The van der Waals surface area contributed by atoms with Gasteiger partial charge >= 0.3 is 0 Å². The first kappa shape index (κ1) is 13.5. The van der Waals surface area contributed by atoms with Gasteiger partial charge in [0.15, 0.2) is 5.13 Å². The number of aliphatic hydroxyl groups excluding tert-OH is 1. The molecule has 0 bridgehead atoms. The summed E-state index contributed by atoms with van der Waals surface area (Å²) in [7, 11) is 0. The van der Waals surface area contributed by atoms with Gasteiger partial charge in [-0.2, -0.15) is 0 Å². The Kier molecular flexibility index (Phi) is 4.31. The number of carbonyl (C=O) groups is 1. The van der Waals surface area contributed by atoms with Gasteiger partial charge < -0.3 is 10.4 Å². The lowest BCUT2D eigenvalue weighted by Crippen LogP contribution is -2.45. The number of aliphatic hydroxyl groups is 1. The molecule has 100 valence electrons. The highest BCUT2D eigenvalue weighted by atomic mass is 32.1. The molecular weight excluding hydrogens is 250 g/mol. The number of amides is 1. The third-order valence-electron chi connectivity index (χ3n) is 3.24. The van der Waals surface area contributed by atoms with Gasteiger partial charge in [-0.1, -0.05) is 6.92 Å². The summed E-state index contributed by atoms with van der Waals surface area (Å²) in [6.45, 7) is 5.70. The molecule has 6 heteroatoms. The minimum Gasteiger partial charge on any atom is -0.392 e. The lowest BCUT2D eigenvalue weighted by molar-refractivity contribution is -0.118. The van der Waals surface area contributed by atoms with Crippen LogP contribution in [-0.4, -0.2) is 46.6 Å². The summed E-state index contributed by atoms with van der Waals surface area (Å²) in [6, 6.07) is 0. The fourth-order valence-corrected chi connectivity index (χ4v) is 2.74. The lowest BCUT2D eigenvalue weighted by Gasteiger charge is -2.33. The molecule has 0 saturated carbocycles. The summed E-state index contributed by atoms with van der Waals surface area (Å²) in [5.41, 5.74) is 0.914. The number of likely N-dealkylation sites (tertiary alicyclic amines) is 1. The standard InChI is InChI=1S/C12H19N3O2S/c1-8-3-4-15(5-10(8)16)6-11(17)14-12-13-9(2)7-18-12/h7-8,10,16H,3-6H2,1-2H3,(H,13,14,17). The van der Waals surface area contributed by atoms with E-state index in [2.05, 4.69) is 10.3 Å². The van der Waals surface area contributed by atoms with Crippen LogP contribution in [0.3, 0.4) is 0 Å². The van der Waals surface area contributed by atoms with Crippen molar-refractivity contribution in [3.05, 3.63) is 11.1 Å². The van der Waals surface area contributed by atoms with Crippen LogP contribution >= 0.6 is 11.3 Å². The number of carbonyl (C=O) groups excluding carboxylic acids is 1. The largest absolute Gasteiger partial charge is 0.392 e. The van der Waals surface area contributed by atoms with Crippen LogP contribution in [-0.2, 0) is 4.79 Å². The molecule has 1 aromatic heterocycles.